The molecule has 1 amide bonds. The fourth-order valence-corrected chi connectivity index (χ4v) is 2.51. The summed E-state index contributed by atoms with van der Waals surface area (Å²) in [7, 11) is 0. The number of benzene rings is 2. The van der Waals surface area contributed by atoms with Crippen LogP contribution >= 0.6 is 23.2 Å². The standard InChI is InChI=1S/C16H10Cl2FNO2/c17-12-2-1-3-13(16(12)18)20-15(21)6-9-8-22-14-5-4-10(19)7-11(9)14/h1-5,7-8H,6H2,(H,20,21). The number of halogens is 3. The zero-order chi connectivity index (χ0) is 15.7. The third-order valence-electron chi connectivity index (χ3n) is 3.19. The summed E-state index contributed by atoms with van der Waals surface area (Å²) in [5.74, 6) is -0.676. The number of furan rings is 1. The summed E-state index contributed by atoms with van der Waals surface area (Å²) < 4.78 is 18.6. The lowest BCUT2D eigenvalue weighted by Crippen LogP contribution is -2.14. The first-order chi connectivity index (χ1) is 10.5. The molecular weight excluding hydrogens is 328 g/mol. The maximum atomic E-state index is 13.3. The first kappa shape index (κ1) is 14.9. The van der Waals surface area contributed by atoms with E-state index in [1.807, 2.05) is 0 Å². The van der Waals surface area contributed by atoms with Gasteiger partial charge in [-0.15, -0.1) is 0 Å². The van der Waals surface area contributed by atoms with Gasteiger partial charge in [-0.3, -0.25) is 4.79 Å². The number of carbonyl (C=O) groups is 1. The van der Waals surface area contributed by atoms with Crippen LogP contribution in [0.15, 0.2) is 47.1 Å². The third kappa shape index (κ3) is 2.93. The Morgan fingerprint density at radius 3 is 2.86 bits per heavy atom. The maximum Gasteiger partial charge on any atom is 0.228 e. The summed E-state index contributed by atoms with van der Waals surface area (Å²) >= 11 is 11.9. The van der Waals surface area contributed by atoms with Gasteiger partial charge in [-0.05, 0) is 30.3 Å². The highest BCUT2D eigenvalue weighted by Crippen LogP contribution is 2.30. The molecule has 0 saturated heterocycles. The van der Waals surface area contributed by atoms with Gasteiger partial charge in [0.2, 0.25) is 5.91 Å². The normalized spacial score (nSPS) is 10.9. The van der Waals surface area contributed by atoms with E-state index < -0.39 is 0 Å². The second-order valence-electron chi connectivity index (χ2n) is 4.73. The van der Waals surface area contributed by atoms with Gasteiger partial charge < -0.3 is 9.73 Å². The molecule has 6 heteroatoms. The van der Waals surface area contributed by atoms with Crippen molar-refractivity contribution in [3.05, 3.63) is 64.1 Å². The number of amides is 1. The smallest absolute Gasteiger partial charge is 0.228 e. The van der Waals surface area contributed by atoms with E-state index in [-0.39, 0.29) is 23.2 Å². The molecule has 3 aromatic rings. The Morgan fingerprint density at radius 1 is 1.23 bits per heavy atom. The molecule has 0 bridgehead atoms. The van der Waals surface area contributed by atoms with Gasteiger partial charge in [0.1, 0.15) is 11.4 Å². The highest BCUT2D eigenvalue weighted by atomic mass is 35.5. The van der Waals surface area contributed by atoms with Crippen molar-refractivity contribution in [1.29, 1.82) is 0 Å². The van der Waals surface area contributed by atoms with Crippen LogP contribution in [0, 0.1) is 5.82 Å². The van der Waals surface area contributed by atoms with Crippen LogP contribution in [0.4, 0.5) is 10.1 Å². The number of rotatable bonds is 3. The Morgan fingerprint density at radius 2 is 2.05 bits per heavy atom. The predicted molar refractivity (Wildman–Crippen MR) is 85.0 cm³/mol. The molecule has 22 heavy (non-hydrogen) atoms. The van der Waals surface area contributed by atoms with E-state index in [0.29, 0.717) is 27.2 Å². The lowest BCUT2D eigenvalue weighted by Gasteiger charge is -2.07. The molecule has 0 fully saturated rings. The molecule has 1 aromatic heterocycles. The molecule has 0 aliphatic carbocycles. The summed E-state index contributed by atoms with van der Waals surface area (Å²) in [6.45, 7) is 0. The van der Waals surface area contributed by atoms with E-state index >= 15 is 0 Å². The molecule has 0 spiro atoms. The first-order valence-corrected chi connectivity index (χ1v) is 7.19. The monoisotopic (exact) mass is 337 g/mol. The molecule has 2 aromatic carbocycles. The van der Waals surface area contributed by atoms with Gasteiger partial charge in [-0.1, -0.05) is 29.3 Å². The molecule has 1 N–H and O–H groups in total. The quantitative estimate of drug-likeness (QED) is 0.725. The SMILES string of the molecule is O=C(Cc1coc2ccc(F)cc12)Nc1cccc(Cl)c1Cl. The second-order valence-corrected chi connectivity index (χ2v) is 5.51. The Labute approximate surface area is 135 Å². The van der Waals surface area contributed by atoms with Gasteiger partial charge in [-0.25, -0.2) is 4.39 Å². The Kier molecular flexibility index (Phi) is 4.05. The number of carbonyl (C=O) groups excluding carboxylic acids is 1. The van der Waals surface area contributed by atoms with E-state index in [4.69, 9.17) is 27.6 Å². The van der Waals surface area contributed by atoms with Crippen LogP contribution in [-0.4, -0.2) is 5.91 Å². The fourth-order valence-electron chi connectivity index (χ4n) is 2.16. The van der Waals surface area contributed by atoms with E-state index in [0.717, 1.165) is 0 Å². The van der Waals surface area contributed by atoms with Crippen LogP contribution in [0.25, 0.3) is 11.0 Å². The average Bonchev–Trinajstić information content (AvgIpc) is 2.86. The van der Waals surface area contributed by atoms with Crippen molar-refractivity contribution in [2.45, 2.75) is 6.42 Å². The van der Waals surface area contributed by atoms with E-state index in [2.05, 4.69) is 5.32 Å². The maximum absolute atomic E-state index is 13.3. The number of fused-ring (bicyclic) bond motifs is 1. The van der Waals surface area contributed by atoms with Crippen molar-refractivity contribution >= 4 is 45.8 Å². The molecule has 112 valence electrons. The molecule has 0 atom stereocenters. The zero-order valence-electron chi connectivity index (χ0n) is 11.2. The lowest BCUT2D eigenvalue weighted by molar-refractivity contribution is -0.115. The van der Waals surface area contributed by atoms with Crippen LogP contribution in [0.2, 0.25) is 10.0 Å². The van der Waals surface area contributed by atoms with E-state index in [9.17, 15) is 9.18 Å². The van der Waals surface area contributed by atoms with Gasteiger partial charge in [0.25, 0.3) is 0 Å². The average molecular weight is 338 g/mol. The van der Waals surface area contributed by atoms with Crippen LogP contribution < -0.4 is 5.32 Å². The van der Waals surface area contributed by atoms with Crippen LogP contribution in [0.1, 0.15) is 5.56 Å². The van der Waals surface area contributed by atoms with Gasteiger partial charge in [0, 0.05) is 10.9 Å². The van der Waals surface area contributed by atoms with Gasteiger partial charge in [-0.2, -0.15) is 0 Å². The van der Waals surface area contributed by atoms with Crippen molar-refractivity contribution < 1.29 is 13.6 Å². The topological polar surface area (TPSA) is 42.2 Å². The van der Waals surface area contributed by atoms with Crippen LogP contribution in [-0.2, 0) is 11.2 Å². The van der Waals surface area contributed by atoms with Gasteiger partial charge in [0.15, 0.2) is 0 Å². The zero-order valence-corrected chi connectivity index (χ0v) is 12.7. The number of anilines is 1. The largest absolute Gasteiger partial charge is 0.464 e. The Balaban J connectivity index is 1.81. The summed E-state index contributed by atoms with van der Waals surface area (Å²) in [6.07, 6.45) is 1.49. The highest BCUT2D eigenvalue weighted by molar-refractivity contribution is 6.44. The minimum Gasteiger partial charge on any atom is -0.464 e. The highest BCUT2D eigenvalue weighted by Gasteiger charge is 2.13. The summed E-state index contributed by atoms with van der Waals surface area (Å²) in [5.41, 5.74) is 1.56. The van der Waals surface area contributed by atoms with Gasteiger partial charge >= 0.3 is 0 Å². The van der Waals surface area contributed by atoms with Crippen molar-refractivity contribution in [3.8, 4) is 0 Å². The lowest BCUT2D eigenvalue weighted by atomic mass is 10.1. The van der Waals surface area contributed by atoms with Crippen molar-refractivity contribution in [1.82, 2.24) is 0 Å². The van der Waals surface area contributed by atoms with E-state index in [1.54, 1.807) is 18.2 Å². The molecule has 0 aliphatic rings. The first-order valence-electron chi connectivity index (χ1n) is 6.44. The number of hydrogen-bond donors (Lipinski definition) is 1. The summed E-state index contributed by atoms with van der Waals surface area (Å²) in [5, 5.41) is 3.89. The molecular formula is C16H10Cl2FNO2. The molecule has 1 heterocycles. The molecule has 3 nitrogen and oxygen atoms in total. The molecule has 3 rings (SSSR count). The van der Waals surface area contributed by atoms with Crippen LogP contribution in [0.3, 0.4) is 0 Å². The van der Waals surface area contributed by atoms with Crippen molar-refractivity contribution in [3.63, 3.8) is 0 Å². The summed E-state index contributed by atoms with van der Waals surface area (Å²) in [6, 6.07) is 9.15. The molecule has 0 saturated carbocycles. The molecule has 0 aliphatic heterocycles. The van der Waals surface area contributed by atoms with Gasteiger partial charge in [0.05, 0.1) is 28.4 Å². The van der Waals surface area contributed by atoms with Crippen LogP contribution in [0.5, 0.6) is 0 Å². The minimum atomic E-state index is -0.381. The van der Waals surface area contributed by atoms with Crippen molar-refractivity contribution in [2.24, 2.45) is 0 Å². The molecule has 0 radical (unpaired) electrons. The molecule has 0 unspecified atom stereocenters. The number of nitrogens with one attached hydrogen (secondary N) is 1. The Bertz CT molecular complexity index is 860. The minimum absolute atomic E-state index is 0.0410. The Hall–Kier alpha value is -2.04. The van der Waals surface area contributed by atoms with E-state index in [1.165, 1.54) is 24.5 Å². The predicted octanol–water partition coefficient (Wildman–Crippen LogP) is 5.06. The van der Waals surface area contributed by atoms with Crippen molar-refractivity contribution in [2.75, 3.05) is 5.32 Å². The third-order valence-corrected chi connectivity index (χ3v) is 4.01. The fraction of sp³-hybridized carbons (Fsp3) is 0.0625. The second kappa shape index (κ2) is 5.99. The number of hydrogen-bond acceptors (Lipinski definition) is 2. The summed E-state index contributed by atoms with van der Waals surface area (Å²) in [4.78, 5) is 12.1.